The van der Waals surface area contributed by atoms with Gasteiger partial charge in [-0.25, -0.2) is 9.38 Å². The van der Waals surface area contributed by atoms with Gasteiger partial charge in [-0.1, -0.05) is 18.2 Å². The number of halogens is 2. The molecule has 2 aromatic carbocycles. The first-order valence-electron chi connectivity index (χ1n) is 8.87. The molecular weight excluding hydrogens is 460 g/mol. The number of nitrogens with zero attached hydrogens (tertiary/aromatic N) is 2. The third kappa shape index (κ3) is 5.80. The van der Waals surface area contributed by atoms with Crippen molar-refractivity contribution in [2.24, 2.45) is 4.99 Å². The molecule has 0 amide bonds. The number of guanidine groups is 1. The fraction of sp³-hybridized carbons (Fsp3) is 0.350. The van der Waals surface area contributed by atoms with Gasteiger partial charge in [0.25, 0.3) is 0 Å². The number of rotatable bonds is 6. The lowest BCUT2D eigenvalue weighted by Crippen LogP contribution is -2.41. The predicted molar refractivity (Wildman–Crippen MR) is 117 cm³/mol. The Morgan fingerprint density at radius 1 is 1.26 bits per heavy atom. The number of benzene rings is 2. The maximum atomic E-state index is 12.9. The van der Waals surface area contributed by atoms with Crippen LogP contribution in [0.15, 0.2) is 53.5 Å². The van der Waals surface area contributed by atoms with Crippen LogP contribution in [0.5, 0.6) is 5.75 Å². The summed E-state index contributed by atoms with van der Waals surface area (Å²) >= 11 is 0. The fourth-order valence-electron chi connectivity index (χ4n) is 2.92. The lowest BCUT2D eigenvalue weighted by atomic mass is 10.2. The van der Waals surface area contributed by atoms with E-state index in [0.29, 0.717) is 5.75 Å². The Morgan fingerprint density at radius 2 is 2.00 bits per heavy atom. The SMILES string of the molecule is CCNC(=NCC(O)COc1ccc(F)cc1)N1CCc2ccccc21.I. The molecule has 0 aromatic heterocycles. The van der Waals surface area contributed by atoms with Gasteiger partial charge >= 0.3 is 0 Å². The maximum Gasteiger partial charge on any atom is 0.198 e. The third-order valence-electron chi connectivity index (χ3n) is 4.19. The van der Waals surface area contributed by atoms with E-state index in [-0.39, 0.29) is 42.9 Å². The van der Waals surface area contributed by atoms with Crippen LogP contribution in [-0.2, 0) is 6.42 Å². The van der Waals surface area contributed by atoms with Crippen molar-refractivity contribution in [3.8, 4) is 5.75 Å². The molecule has 3 rings (SSSR count). The molecule has 2 N–H and O–H groups in total. The Balaban J connectivity index is 0.00000261. The first-order valence-corrected chi connectivity index (χ1v) is 8.87. The van der Waals surface area contributed by atoms with Crippen LogP contribution < -0.4 is 15.0 Å². The average Bonchev–Trinajstić information content (AvgIpc) is 3.09. The summed E-state index contributed by atoms with van der Waals surface area (Å²) in [7, 11) is 0. The largest absolute Gasteiger partial charge is 0.491 e. The molecule has 0 saturated heterocycles. The summed E-state index contributed by atoms with van der Waals surface area (Å²) in [6, 6.07) is 14.0. The second-order valence-electron chi connectivity index (χ2n) is 6.14. The monoisotopic (exact) mass is 485 g/mol. The number of para-hydroxylation sites is 1. The third-order valence-corrected chi connectivity index (χ3v) is 4.19. The second-order valence-corrected chi connectivity index (χ2v) is 6.14. The van der Waals surface area contributed by atoms with Crippen LogP contribution >= 0.6 is 24.0 Å². The number of ether oxygens (including phenoxy) is 1. The summed E-state index contributed by atoms with van der Waals surface area (Å²) in [4.78, 5) is 6.71. The minimum atomic E-state index is -0.744. The molecule has 0 radical (unpaired) electrons. The Kier molecular flexibility index (Phi) is 8.30. The van der Waals surface area contributed by atoms with E-state index in [1.807, 2.05) is 19.1 Å². The van der Waals surface area contributed by atoms with Gasteiger partial charge in [0.05, 0.1) is 6.54 Å². The number of anilines is 1. The molecule has 7 heteroatoms. The summed E-state index contributed by atoms with van der Waals surface area (Å²) in [5.41, 5.74) is 2.46. The Bertz CT molecular complexity index is 755. The smallest absolute Gasteiger partial charge is 0.198 e. The zero-order chi connectivity index (χ0) is 18.4. The van der Waals surface area contributed by atoms with E-state index in [0.717, 1.165) is 31.2 Å². The summed E-state index contributed by atoms with van der Waals surface area (Å²) in [6.45, 7) is 3.96. The lowest BCUT2D eigenvalue weighted by molar-refractivity contribution is 0.114. The topological polar surface area (TPSA) is 57.1 Å². The van der Waals surface area contributed by atoms with E-state index in [2.05, 4.69) is 27.3 Å². The molecule has 0 spiro atoms. The highest BCUT2D eigenvalue weighted by molar-refractivity contribution is 14.0. The van der Waals surface area contributed by atoms with Gasteiger partial charge in [-0.05, 0) is 49.2 Å². The number of aliphatic hydroxyl groups excluding tert-OH is 1. The van der Waals surface area contributed by atoms with Gasteiger partial charge in [-0.15, -0.1) is 24.0 Å². The van der Waals surface area contributed by atoms with Gasteiger partial charge < -0.3 is 20.1 Å². The van der Waals surface area contributed by atoms with Gasteiger partial charge in [0.2, 0.25) is 0 Å². The lowest BCUT2D eigenvalue weighted by Gasteiger charge is -2.22. The predicted octanol–water partition coefficient (Wildman–Crippen LogP) is 3.21. The highest BCUT2D eigenvalue weighted by atomic mass is 127. The fourth-order valence-corrected chi connectivity index (χ4v) is 2.92. The Hall–Kier alpha value is -1.87. The van der Waals surface area contributed by atoms with Crippen LogP contribution in [0.25, 0.3) is 0 Å². The number of nitrogens with one attached hydrogen (secondary N) is 1. The van der Waals surface area contributed by atoms with Crippen LogP contribution in [0.2, 0.25) is 0 Å². The van der Waals surface area contributed by atoms with Crippen LogP contribution in [-0.4, -0.2) is 43.4 Å². The van der Waals surface area contributed by atoms with Crippen molar-refractivity contribution >= 4 is 35.6 Å². The maximum absolute atomic E-state index is 12.9. The van der Waals surface area contributed by atoms with Crippen molar-refractivity contribution in [1.29, 1.82) is 0 Å². The quantitative estimate of drug-likeness (QED) is 0.375. The van der Waals surface area contributed by atoms with Gasteiger partial charge in [0.15, 0.2) is 5.96 Å². The van der Waals surface area contributed by atoms with Gasteiger partial charge in [-0.2, -0.15) is 0 Å². The van der Waals surface area contributed by atoms with Crippen molar-refractivity contribution in [3.63, 3.8) is 0 Å². The molecule has 2 aromatic rings. The molecule has 0 saturated carbocycles. The van der Waals surface area contributed by atoms with Crippen molar-refractivity contribution in [3.05, 3.63) is 59.9 Å². The van der Waals surface area contributed by atoms with E-state index in [4.69, 9.17) is 4.74 Å². The number of hydrogen-bond donors (Lipinski definition) is 2. The van der Waals surface area contributed by atoms with E-state index < -0.39 is 6.10 Å². The molecule has 27 heavy (non-hydrogen) atoms. The summed E-state index contributed by atoms with van der Waals surface area (Å²) in [6.07, 6.45) is 0.239. The summed E-state index contributed by atoms with van der Waals surface area (Å²) < 4.78 is 18.4. The number of aliphatic hydroxyl groups is 1. The van der Waals surface area contributed by atoms with E-state index >= 15 is 0 Å². The van der Waals surface area contributed by atoms with Gasteiger partial charge in [0, 0.05) is 18.8 Å². The van der Waals surface area contributed by atoms with Crippen LogP contribution in [0.1, 0.15) is 12.5 Å². The summed E-state index contributed by atoms with van der Waals surface area (Å²) in [5.74, 6) is 0.969. The molecule has 0 bridgehead atoms. The van der Waals surface area contributed by atoms with Crippen molar-refractivity contribution in [1.82, 2.24) is 5.32 Å². The van der Waals surface area contributed by atoms with Gasteiger partial charge in [0.1, 0.15) is 24.3 Å². The molecule has 1 atom stereocenters. The molecule has 1 aliphatic heterocycles. The van der Waals surface area contributed by atoms with E-state index in [1.54, 1.807) is 0 Å². The Morgan fingerprint density at radius 3 is 2.74 bits per heavy atom. The minimum absolute atomic E-state index is 0. The normalized spacial score (nSPS) is 14.3. The molecule has 1 heterocycles. The number of fused-ring (bicyclic) bond motifs is 1. The highest BCUT2D eigenvalue weighted by Gasteiger charge is 2.22. The Labute approximate surface area is 176 Å². The number of hydrogen-bond acceptors (Lipinski definition) is 3. The minimum Gasteiger partial charge on any atom is -0.491 e. The molecule has 1 aliphatic rings. The van der Waals surface area contributed by atoms with Gasteiger partial charge in [-0.3, -0.25) is 0 Å². The van der Waals surface area contributed by atoms with E-state index in [1.165, 1.54) is 29.8 Å². The van der Waals surface area contributed by atoms with E-state index in [9.17, 15) is 9.50 Å². The molecule has 0 aliphatic carbocycles. The zero-order valence-corrected chi connectivity index (χ0v) is 17.6. The molecule has 0 fully saturated rings. The van der Waals surface area contributed by atoms with Crippen molar-refractivity contribution in [2.45, 2.75) is 19.4 Å². The van der Waals surface area contributed by atoms with Crippen LogP contribution in [0, 0.1) is 5.82 Å². The van der Waals surface area contributed by atoms with Crippen molar-refractivity contribution in [2.75, 3.05) is 31.1 Å². The first kappa shape index (κ1) is 21.4. The highest BCUT2D eigenvalue weighted by Crippen LogP contribution is 2.27. The van der Waals surface area contributed by atoms with Crippen LogP contribution in [0.4, 0.5) is 10.1 Å². The number of aliphatic imine (C=N–C) groups is 1. The molecular formula is C20H25FIN3O2. The zero-order valence-electron chi connectivity index (χ0n) is 15.3. The molecule has 5 nitrogen and oxygen atoms in total. The van der Waals surface area contributed by atoms with Crippen molar-refractivity contribution < 1.29 is 14.2 Å². The summed E-state index contributed by atoms with van der Waals surface area (Å²) in [5, 5.41) is 13.5. The molecule has 146 valence electrons. The molecule has 1 unspecified atom stereocenters. The first-order chi connectivity index (χ1) is 12.7. The second kappa shape index (κ2) is 10.5. The van der Waals surface area contributed by atoms with Crippen LogP contribution in [0.3, 0.4) is 0 Å². The standard InChI is InChI=1S/C20H24FN3O2.HI/c1-2-22-20(24-12-11-15-5-3-4-6-19(15)24)23-13-17(25)14-26-18-9-7-16(21)8-10-18;/h3-10,17,25H,2,11-14H2,1H3,(H,22,23);1H. The average molecular weight is 485 g/mol.